The smallest absolute Gasteiger partial charge is 0.308 e. The van der Waals surface area contributed by atoms with E-state index in [1.165, 1.54) is 0 Å². The van der Waals surface area contributed by atoms with Crippen LogP contribution in [0.1, 0.15) is 56.3 Å². The summed E-state index contributed by atoms with van der Waals surface area (Å²) in [6.07, 6.45) is 3.47. The highest BCUT2D eigenvalue weighted by molar-refractivity contribution is 7.80. The number of unbranched alkanes of at least 4 members (excludes halogenated alkanes) is 2. The van der Waals surface area contributed by atoms with Gasteiger partial charge in [0.05, 0.1) is 25.2 Å². The first-order valence-electron chi connectivity index (χ1n) is 10.7. The van der Waals surface area contributed by atoms with Gasteiger partial charge in [0.1, 0.15) is 11.8 Å². The van der Waals surface area contributed by atoms with E-state index in [0.29, 0.717) is 37.6 Å². The van der Waals surface area contributed by atoms with E-state index in [9.17, 15) is 14.4 Å². The molecule has 1 atom stereocenters. The minimum Gasteiger partial charge on any atom is -0.493 e. The normalized spacial score (nSPS) is 15.7. The molecule has 1 aliphatic rings. The van der Waals surface area contributed by atoms with Crippen LogP contribution in [0.4, 0.5) is 0 Å². The second-order valence-electron chi connectivity index (χ2n) is 7.24. The molecular weight excluding hydrogens is 418 g/mol. The first-order chi connectivity index (χ1) is 15.0. The molecule has 0 aliphatic carbocycles. The maximum absolute atomic E-state index is 12.8. The fraction of sp³-hybridized carbons (Fsp3) is 0.545. The monoisotopic (exact) mass is 449 g/mol. The van der Waals surface area contributed by atoms with Gasteiger partial charge in [0.15, 0.2) is 5.11 Å². The van der Waals surface area contributed by atoms with E-state index in [2.05, 4.69) is 17.6 Å². The molecule has 1 aromatic rings. The van der Waals surface area contributed by atoms with Crippen LogP contribution in [0.3, 0.4) is 0 Å². The second kappa shape index (κ2) is 12.9. The lowest BCUT2D eigenvalue weighted by atomic mass is 10.1. The molecule has 0 radical (unpaired) electrons. The summed E-state index contributed by atoms with van der Waals surface area (Å²) in [5.74, 6) is -0.743. The third-order valence-corrected chi connectivity index (χ3v) is 5.11. The van der Waals surface area contributed by atoms with Crippen molar-refractivity contribution in [1.82, 2.24) is 15.5 Å². The van der Waals surface area contributed by atoms with Crippen molar-refractivity contribution in [1.29, 1.82) is 0 Å². The Morgan fingerprint density at radius 3 is 2.71 bits per heavy atom. The molecule has 2 rings (SSSR count). The average Bonchev–Trinajstić information content (AvgIpc) is 2.76. The SMILES string of the molecule is CCCCCOC(=O)CC1C(=O)NCCN1C(=S)NC(=O)c1ccccc1OCCC. The summed E-state index contributed by atoms with van der Waals surface area (Å²) < 4.78 is 10.9. The van der Waals surface area contributed by atoms with Gasteiger partial charge in [-0.2, -0.15) is 0 Å². The number of thiocarbonyl (C=S) groups is 1. The maximum Gasteiger partial charge on any atom is 0.308 e. The zero-order valence-corrected chi connectivity index (χ0v) is 19.0. The van der Waals surface area contributed by atoms with Gasteiger partial charge in [-0.15, -0.1) is 0 Å². The number of esters is 1. The van der Waals surface area contributed by atoms with E-state index in [1.54, 1.807) is 29.2 Å². The maximum atomic E-state index is 12.8. The van der Waals surface area contributed by atoms with Crippen LogP contribution in [0.25, 0.3) is 0 Å². The number of hydrogen-bond donors (Lipinski definition) is 2. The molecule has 1 unspecified atom stereocenters. The number of rotatable bonds is 10. The minimum absolute atomic E-state index is 0.0916. The van der Waals surface area contributed by atoms with Crippen molar-refractivity contribution in [2.24, 2.45) is 0 Å². The number of para-hydroxylation sites is 1. The molecule has 1 aliphatic heterocycles. The molecule has 1 heterocycles. The molecule has 8 nitrogen and oxygen atoms in total. The summed E-state index contributed by atoms with van der Waals surface area (Å²) in [5.41, 5.74) is 0.353. The summed E-state index contributed by atoms with van der Waals surface area (Å²) >= 11 is 5.41. The van der Waals surface area contributed by atoms with E-state index < -0.39 is 17.9 Å². The molecule has 0 spiro atoms. The van der Waals surface area contributed by atoms with Gasteiger partial charge in [-0.3, -0.25) is 19.7 Å². The van der Waals surface area contributed by atoms with E-state index in [4.69, 9.17) is 21.7 Å². The molecule has 0 aromatic heterocycles. The standard InChI is InChI=1S/C22H31N3O5S/c1-3-5-8-14-30-19(26)15-17-21(28)23-11-12-25(17)22(31)24-20(27)16-9-6-7-10-18(16)29-13-4-2/h6-7,9-10,17H,3-5,8,11-15H2,1-2H3,(H,23,28)(H,24,27,31). The summed E-state index contributed by atoms with van der Waals surface area (Å²) in [6.45, 7) is 5.61. The molecule has 31 heavy (non-hydrogen) atoms. The van der Waals surface area contributed by atoms with E-state index >= 15 is 0 Å². The number of amides is 2. The van der Waals surface area contributed by atoms with E-state index in [-0.39, 0.29) is 17.4 Å². The van der Waals surface area contributed by atoms with Crippen LogP contribution in [-0.4, -0.2) is 60.1 Å². The molecule has 1 saturated heterocycles. The molecule has 1 fully saturated rings. The lowest BCUT2D eigenvalue weighted by molar-refractivity contribution is -0.147. The molecule has 9 heteroatoms. The van der Waals surface area contributed by atoms with Gasteiger partial charge in [0.2, 0.25) is 5.91 Å². The number of piperazine rings is 1. The fourth-order valence-electron chi connectivity index (χ4n) is 3.14. The molecular formula is C22H31N3O5S. The van der Waals surface area contributed by atoms with E-state index in [1.807, 2.05) is 6.92 Å². The number of hydrogen-bond acceptors (Lipinski definition) is 6. The van der Waals surface area contributed by atoms with Crippen LogP contribution < -0.4 is 15.4 Å². The second-order valence-corrected chi connectivity index (χ2v) is 7.62. The van der Waals surface area contributed by atoms with Gasteiger partial charge >= 0.3 is 5.97 Å². The lowest BCUT2D eigenvalue weighted by Crippen LogP contribution is -2.60. The van der Waals surface area contributed by atoms with Gasteiger partial charge in [-0.1, -0.05) is 38.8 Å². The third kappa shape index (κ3) is 7.50. The number of carbonyl (C=O) groups is 3. The van der Waals surface area contributed by atoms with Crippen LogP contribution in [0, 0.1) is 0 Å². The molecule has 0 bridgehead atoms. The highest BCUT2D eigenvalue weighted by atomic mass is 32.1. The largest absolute Gasteiger partial charge is 0.493 e. The van der Waals surface area contributed by atoms with E-state index in [0.717, 1.165) is 25.7 Å². The lowest BCUT2D eigenvalue weighted by Gasteiger charge is -2.36. The Labute approximate surface area is 188 Å². The molecule has 2 N–H and O–H groups in total. The van der Waals surface area contributed by atoms with Gasteiger partial charge < -0.3 is 19.7 Å². The summed E-state index contributed by atoms with van der Waals surface area (Å²) in [7, 11) is 0. The van der Waals surface area contributed by atoms with Crippen molar-refractivity contribution >= 4 is 35.1 Å². The minimum atomic E-state index is -0.827. The van der Waals surface area contributed by atoms with Crippen molar-refractivity contribution in [2.75, 3.05) is 26.3 Å². The predicted octanol–water partition coefficient (Wildman–Crippen LogP) is 2.41. The zero-order valence-electron chi connectivity index (χ0n) is 18.1. The Kier molecular flexibility index (Phi) is 10.2. The van der Waals surface area contributed by atoms with Crippen LogP contribution in [-0.2, 0) is 14.3 Å². The van der Waals surface area contributed by atoms with Crippen molar-refractivity contribution in [3.8, 4) is 5.75 Å². The number of nitrogens with one attached hydrogen (secondary N) is 2. The zero-order chi connectivity index (χ0) is 22.6. The van der Waals surface area contributed by atoms with Gasteiger partial charge in [-0.05, 0) is 37.2 Å². The Morgan fingerprint density at radius 2 is 1.97 bits per heavy atom. The topological polar surface area (TPSA) is 97.0 Å². The van der Waals surface area contributed by atoms with Crippen LogP contribution in [0.15, 0.2) is 24.3 Å². The van der Waals surface area contributed by atoms with Crippen molar-refractivity contribution in [3.63, 3.8) is 0 Å². The predicted molar refractivity (Wildman–Crippen MR) is 121 cm³/mol. The van der Waals surface area contributed by atoms with Gasteiger partial charge in [0.25, 0.3) is 5.91 Å². The first-order valence-corrected chi connectivity index (χ1v) is 11.2. The Balaban J connectivity index is 2.02. The number of carbonyl (C=O) groups excluding carboxylic acids is 3. The van der Waals surface area contributed by atoms with Crippen LogP contribution in [0.2, 0.25) is 0 Å². The molecule has 170 valence electrons. The Hall–Kier alpha value is -2.68. The highest BCUT2D eigenvalue weighted by Crippen LogP contribution is 2.19. The van der Waals surface area contributed by atoms with Gasteiger partial charge in [-0.25, -0.2) is 0 Å². The van der Waals surface area contributed by atoms with Gasteiger partial charge in [0, 0.05) is 13.1 Å². The summed E-state index contributed by atoms with van der Waals surface area (Å²) in [5, 5.41) is 5.50. The average molecular weight is 450 g/mol. The Morgan fingerprint density at radius 1 is 1.19 bits per heavy atom. The molecule has 0 saturated carbocycles. The summed E-state index contributed by atoms with van der Waals surface area (Å²) in [6, 6.07) is 6.07. The number of ether oxygens (including phenoxy) is 2. The number of nitrogens with zero attached hydrogens (tertiary/aromatic N) is 1. The number of benzene rings is 1. The van der Waals surface area contributed by atoms with Crippen molar-refractivity contribution < 1.29 is 23.9 Å². The van der Waals surface area contributed by atoms with Crippen molar-refractivity contribution in [2.45, 2.75) is 52.0 Å². The Bertz CT molecular complexity index is 786. The summed E-state index contributed by atoms with van der Waals surface area (Å²) in [4.78, 5) is 39.0. The fourth-order valence-corrected chi connectivity index (χ4v) is 3.46. The molecule has 1 aromatic carbocycles. The molecule has 2 amide bonds. The van der Waals surface area contributed by atoms with Crippen LogP contribution in [0.5, 0.6) is 5.75 Å². The quantitative estimate of drug-likeness (QED) is 0.322. The highest BCUT2D eigenvalue weighted by Gasteiger charge is 2.34. The van der Waals surface area contributed by atoms with Crippen molar-refractivity contribution in [3.05, 3.63) is 29.8 Å². The van der Waals surface area contributed by atoms with Crippen LogP contribution >= 0.6 is 12.2 Å². The third-order valence-electron chi connectivity index (χ3n) is 4.78. The first kappa shape index (κ1) is 24.6.